The van der Waals surface area contributed by atoms with E-state index >= 15 is 0 Å². The molecule has 2 aromatic heterocycles. The molecular formula is C27H28ClN5O6S2. The van der Waals surface area contributed by atoms with E-state index in [-0.39, 0.29) is 22.0 Å². The van der Waals surface area contributed by atoms with E-state index in [1.807, 2.05) is 30.3 Å². The Bertz CT molecular complexity index is 1670. The Labute approximate surface area is 245 Å². The van der Waals surface area contributed by atoms with Crippen LogP contribution in [0.25, 0.3) is 10.9 Å². The number of amides is 1. The van der Waals surface area contributed by atoms with Crippen molar-refractivity contribution < 1.29 is 27.5 Å². The molecule has 1 aliphatic rings. The predicted octanol–water partition coefficient (Wildman–Crippen LogP) is 3.44. The van der Waals surface area contributed by atoms with E-state index < -0.39 is 16.1 Å². The van der Waals surface area contributed by atoms with Gasteiger partial charge in [-0.25, -0.2) is 8.42 Å². The summed E-state index contributed by atoms with van der Waals surface area (Å²) in [5.74, 6) is -0.0246. The Hall–Kier alpha value is -3.49. The normalized spacial score (nSPS) is 16.3. The van der Waals surface area contributed by atoms with Crippen molar-refractivity contribution in [2.45, 2.75) is 36.4 Å². The summed E-state index contributed by atoms with van der Waals surface area (Å²) in [6.45, 7) is 4.26. The van der Waals surface area contributed by atoms with Crippen molar-refractivity contribution in [3.8, 4) is 0 Å². The van der Waals surface area contributed by atoms with E-state index in [0.717, 1.165) is 22.5 Å². The lowest BCUT2D eigenvalue weighted by Gasteiger charge is -2.22. The average Bonchev–Trinajstić information content (AvgIpc) is 3.56. The summed E-state index contributed by atoms with van der Waals surface area (Å²) in [7, 11) is -3.99. The van der Waals surface area contributed by atoms with Crippen molar-refractivity contribution in [3.63, 3.8) is 0 Å². The first-order valence-electron chi connectivity index (χ1n) is 12.8. The minimum atomic E-state index is -3.99. The van der Waals surface area contributed by atoms with Gasteiger partial charge in [0.25, 0.3) is 16.5 Å². The molecule has 1 amide bonds. The molecule has 2 aromatic carbocycles. The summed E-state index contributed by atoms with van der Waals surface area (Å²) < 4.78 is 41.6. The third-order valence-electron chi connectivity index (χ3n) is 6.58. The van der Waals surface area contributed by atoms with Gasteiger partial charge in [-0.05, 0) is 36.2 Å². The second-order valence-corrected chi connectivity index (χ2v) is 13.0. The largest absolute Gasteiger partial charge is 0.460 e. The van der Waals surface area contributed by atoms with E-state index in [9.17, 15) is 18.0 Å². The van der Waals surface area contributed by atoms with Gasteiger partial charge in [-0.1, -0.05) is 48.0 Å². The van der Waals surface area contributed by atoms with Gasteiger partial charge in [0, 0.05) is 18.7 Å². The number of nitrogens with zero attached hydrogens (tertiary/aromatic N) is 2. The Balaban J connectivity index is 1.44. The standard InChI is InChI=1S/C27H28ClN5O6S2/c1-17(39-16-34)20-6-3-7-22-25(20)26(32-41(36,37)24-9-8-23(28)40-24)31-33(22)14-19-5-2-4-18(12-19)13-30-27(35)21-15-38-11-10-29-21/h2-9,12,16-17,21,29H,10-11,13-15H2,1H3,(H,30,35)(H,31,32)/t17?,21-/m1/s1. The number of carbonyl (C=O) groups excluding carboxylic acids is 2. The number of anilines is 1. The summed E-state index contributed by atoms with van der Waals surface area (Å²) in [5.41, 5.74) is 3.03. The number of nitrogens with one attached hydrogen (secondary N) is 3. The fourth-order valence-corrected chi connectivity index (χ4v) is 7.11. The van der Waals surface area contributed by atoms with E-state index in [1.165, 1.54) is 12.1 Å². The lowest BCUT2D eigenvalue weighted by Crippen LogP contribution is -2.51. The van der Waals surface area contributed by atoms with E-state index in [0.29, 0.717) is 60.1 Å². The number of rotatable bonds is 11. The highest BCUT2D eigenvalue weighted by Crippen LogP contribution is 2.34. The van der Waals surface area contributed by atoms with Gasteiger partial charge in [-0.15, -0.1) is 11.3 Å². The number of benzene rings is 2. The molecule has 1 saturated heterocycles. The van der Waals surface area contributed by atoms with Crippen LogP contribution >= 0.6 is 22.9 Å². The molecule has 4 aromatic rings. The summed E-state index contributed by atoms with van der Waals surface area (Å²) in [5, 5.41) is 11.2. The number of hydrogen-bond acceptors (Lipinski definition) is 9. The molecule has 41 heavy (non-hydrogen) atoms. The Kier molecular flexibility index (Phi) is 8.90. The van der Waals surface area contributed by atoms with Crippen LogP contribution in [-0.2, 0) is 42.2 Å². The number of thiophene rings is 1. The molecule has 11 nitrogen and oxygen atoms in total. The van der Waals surface area contributed by atoms with Crippen LogP contribution in [0, 0.1) is 0 Å². The molecule has 216 valence electrons. The molecular weight excluding hydrogens is 590 g/mol. The predicted molar refractivity (Wildman–Crippen MR) is 155 cm³/mol. The quantitative estimate of drug-likeness (QED) is 0.217. The maximum atomic E-state index is 13.2. The lowest BCUT2D eigenvalue weighted by molar-refractivity contribution is -0.133. The van der Waals surface area contributed by atoms with E-state index in [4.69, 9.17) is 21.1 Å². The van der Waals surface area contributed by atoms with Gasteiger partial charge in [0.1, 0.15) is 16.4 Å². The van der Waals surface area contributed by atoms with Crippen LogP contribution in [0.4, 0.5) is 5.82 Å². The molecule has 0 aliphatic carbocycles. The van der Waals surface area contributed by atoms with Crippen LogP contribution in [0.5, 0.6) is 0 Å². The summed E-state index contributed by atoms with van der Waals surface area (Å²) in [6, 6.07) is 15.6. The molecule has 14 heteroatoms. The first-order chi connectivity index (χ1) is 19.7. The van der Waals surface area contributed by atoms with Gasteiger partial charge >= 0.3 is 0 Å². The zero-order chi connectivity index (χ0) is 29.0. The highest BCUT2D eigenvalue weighted by molar-refractivity contribution is 7.94. The van der Waals surface area contributed by atoms with E-state index in [1.54, 1.807) is 23.7 Å². The van der Waals surface area contributed by atoms with Crippen molar-refractivity contribution in [1.29, 1.82) is 0 Å². The SMILES string of the molecule is CC(OC=O)c1cccc2c1c(NS(=O)(=O)c1ccc(Cl)s1)nn2Cc1cccc(CNC(=O)[C@H]2COCCN2)c1. The molecule has 3 N–H and O–H groups in total. The van der Waals surface area contributed by atoms with E-state index in [2.05, 4.69) is 20.5 Å². The molecule has 3 heterocycles. The highest BCUT2D eigenvalue weighted by Gasteiger charge is 2.25. The number of hydrogen-bond donors (Lipinski definition) is 3. The molecule has 0 saturated carbocycles. The highest BCUT2D eigenvalue weighted by atomic mass is 35.5. The third-order valence-corrected chi connectivity index (χ3v) is 9.64. The fraction of sp³-hybridized carbons (Fsp3) is 0.296. The Morgan fingerprint density at radius 3 is 2.80 bits per heavy atom. The van der Waals surface area contributed by atoms with Crippen LogP contribution in [0.2, 0.25) is 4.34 Å². The van der Waals surface area contributed by atoms with Gasteiger partial charge in [-0.2, -0.15) is 5.10 Å². The van der Waals surface area contributed by atoms with Crippen molar-refractivity contribution >= 4 is 62.1 Å². The molecule has 0 radical (unpaired) electrons. The zero-order valence-corrected chi connectivity index (χ0v) is 24.4. The number of fused-ring (bicyclic) bond motifs is 1. The molecule has 0 bridgehead atoms. The zero-order valence-electron chi connectivity index (χ0n) is 22.0. The smallest absolute Gasteiger partial charge is 0.293 e. The molecule has 1 fully saturated rings. The minimum absolute atomic E-state index is 0.0459. The molecule has 1 aliphatic heterocycles. The van der Waals surface area contributed by atoms with Gasteiger partial charge in [-0.3, -0.25) is 19.0 Å². The minimum Gasteiger partial charge on any atom is -0.460 e. The summed E-state index contributed by atoms with van der Waals surface area (Å²) in [6.07, 6.45) is -0.649. The second kappa shape index (κ2) is 12.6. The summed E-state index contributed by atoms with van der Waals surface area (Å²) in [4.78, 5) is 23.6. The Morgan fingerprint density at radius 2 is 2.07 bits per heavy atom. The molecule has 5 rings (SSSR count). The number of halogens is 1. The topological polar surface area (TPSA) is 141 Å². The van der Waals surface area contributed by atoms with Gasteiger partial charge in [0.2, 0.25) is 5.91 Å². The number of morpholine rings is 1. The monoisotopic (exact) mass is 617 g/mol. The van der Waals surface area contributed by atoms with Gasteiger partial charge in [0.15, 0.2) is 5.82 Å². The number of ether oxygens (including phenoxy) is 2. The van der Waals surface area contributed by atoms with Crippen molar-refractivity contribution in [2.75, 3.05) is 24.5 Å². The second-order valence-electron chi connectivity index (χ2n) is 9.41. The molecule has 0 spiro atoms. The van der Waals surface area contributed by atoms with Crippen LogP contribution in [0.15, 0.2) is 58.8 Å². The molecule has 1 unspecified atom stereocenters. The maximum Gasteiger partial charge on any atom is 0.293 e. The lowest BCUT2D eigenvalue weighted by atomic mass is 10.1. The number of aromatic nitrogens is 2. The third kappa shape index (κ3) is 6.71. The van der Waals surface area contributed by atoms with Gasteiger partial charge < -0.3 is 20.1 Å². The van der Waals surface area contributed by atoms with Crippen molar-refractivity contribution in [3.05, 3.63) is 75.6 Å². The maximum absolute atomic E-state index is 13.2. The number of carbonyl (C=O) groups is 2. The first-order valence-corrected chi connectivity index (χ1v) is 15.5. The Morgan fingerprint density at radius 1 is 1.27 bits per heavy atom. The average molecular weight is 618 g/mol. The van der Waals surface area contributed by atoms with Crippen molar-refractivity contribution in [1.82, 2.24) is 20.4 Å². The molecule has 2 atom stereocenters. The summed E-state index contributed by atoms with van der Waals surface area (Å²) >= 11 is 6.91. The van der Waals surface area contributed by atoms with Crippen LogP contribution in [0.1, 0.15) is 29.7 Å². The van der Waals surface area contributed by atoms with Gasteiger partial charge in [0.05, 0.1) is 35.0 Å². The van der Waals surface area contributed by atoms with Crippen molar-refractivity contribution in [2.24, 2.45) is 0 Å². The number of sulfonamides is 1. The van der Waals surface area contributed by atoms with Crippen LogP contribution in [-0.4, -0.2) is 56.4 Å². The van der Waals surface area contributed by atoms with Crippen LogP contribution in [0.3, 0.4) is 0 Å². The fourth-order valence-electron chi connectivity index (χ4n) is 4.62. The van der Waals surface area contributed by atoms with Crippen LogP contribution < -0.4 is 15.4 Å². The first kappa shape index (κ1) is 29.0.